The molecular formula is C23H32N2O4S. The van der Waals surface area contributed by atoms with Gasteiger partial charge < -0.3 is 10.1 Å². The summed E-state index contributed by atoms with van der Waals surface area (Å²) in [5, 5.41) is 3.00. The SMILES string of the molecule is CCOc1ccc(N([C@@H](CC)C(=O)N[C@@H](C)c2cc(C)ccc2C)S(C)(=O)=O)cc1. The fourth-order valence-electron chi connectivity index (χ4n) is 3.53. The Balaban J connectivity index is 2.32. The standard InChI is InChI=1S/C23H32N2O4S/c1-7-22(23(26)24-18(5)21-15-16(3)9-10-17(21)4)25(30(6,27)28)19-11-13-20(14-12-19)29-8-2/h9-15,18,22H,7-8H2,1-6H3,(H,24,26)/t18-,22-/m0/s1. The van der Waals surface area contributed by atoms with Gasteiger partial charge in [-0.2, -0.15) is 0 Å². The Morgan fingerprint density at radius 3 is 2.27 bits per heavy atom. The zero-order valence-corrected chi connectivity index (χ0v) is 19.4. The average molecular weight is 433 g/mol. The number of carbonyl (C=O) groups is 1. The molecule has 6 nitrogen and oxygen atoms in total. The van der Waals surface area contributed by atoms with Crippen LogP contribution in [0.3, 0.4) is 0 Å². The lowest BCUT2D eigenvalue weighted by atomic mass is 9.99. The van der Waals surface area contributed by atoms with Gasteiger partial charge in [0.25, 0.3) is 0 Å². The molecule has 7 heteroatoms. The van der Waals surface area contributed by atoms with E-state index in [4.69, 9.17) is 4.74 Å². The monoisotopic (exact) mass is 432 g/mol. The normalized spacial score (nSPS) is 13.4. The summed E-state index contributed by atoms with van der Waals surface area (Å²) in [6.45, 7) is 10.1. The number of hydrogen-bond donors (Lipinski definition) is 1. The molecule has 2 aromatic rings. The van der Waals surface area contributed by atoms with Crippen molar-refractivity contribution in [3.8, 4) is 5.75 Å². The van der Waals surface area contributed by atoms with E-state index in [-0.39, 0.29) is 11.9 Å². The van der Waals surface area contributed by atoms with Crippen LogP contribution in [-0.2, 0) is 14.8 Å². The Bertz CT molecular complexity index is 971. The van der Waals surface area contributed by atoms with Crippen LogP contribution in [0.1, 0.15) is 49.9 Å². The maximum absolute atomic E-state index is 13.1. The van der Waals surface area contributed by atoms with Crippen molar-refractivity contribution in [2.24, 2.45) is 0 Å². The van der Waals surface area contributed by atoms with Crippen molar-refractivity contribution < 1.29 is 17.9 Å². The minimum absolute atomic E-state index is 0.242. The molecule has 0 aromatic heterocycles. The first kappa shape index (κ1) is 23.7. The highest BCUT2D eigenvalue weighted by Crippen LogP contribution is 2.26. The Kier molecular flexibility index (Phi) is 7.89. The molecule has 30 heavy (non-hydrogen) atoms. The number of benzene rings is 2. The highest BCUT2D eigenvalue weighted by molar-refractivity contribution is 7.92. The molecule has 2 rings (SSSR count). The molecule has 0 heterocycles. The second-order valence-corrected chi connectivity index (χ2v) is 9.36. The largest absolute Gasteiger partial charge is 0.494 e. The fourth-order valence-corrected chi connectivity index (χ4v) is 4.74. The van der Waals surface area contributed by atoms with Gasteiger partial charge in [0, 0.05) is 0 Å². The van der Waals surface area contributed by atoms with Crippen LogP contribution in [0.2, 0.25) is 0 Å². The number of aryl methyl sites for hydroxylation is 2. The summed E-state index contributed by atoms with van der Waals surface area (Å²) >= 11 is 0. The lowest BCUT2D eigenvalue weighted by molar-refractivity contribution is -0.122. The molecule has 164 valence electrons. The first-order valence-electron chi connectivity index (χ1n) is 10.2. The van der Waals surface area contributed by atoms with Crippen molar-refractivity contribution >= 4 is 21.6 Å². The van der Waals surface area contributed by atoms with Crippen LogP contribution in [0.4, 0.5) is 5.69 Å². The molecule has 0 aliphatic heterocycles. The molecular weight excluding hydrogens is 400 g/mol. The van der Waals surface area contributed by atoms with E-state index in [0.29, 0.717) is 24.5 Å². The van der Waals surface area contributed by atoms with Gasteiger partial charge in [0.1, 0.15) is 11.8 Å². The number of carbonyl (C=O) groups excluding carboxylic acids is 1. The van der Waals surface area contributed by atoms with Crippen molar-refractivity contribution in [3.63, 3.8) is 0 Å². The van der Waals surface area contributed by atoms with Crippen LogP contribution in [0, 0.1) is 13.8 Å². The van der Waals surface area contributed by atoms with Crippen molar-refractivity contribution in [1.82, 2.24) is 5.32 Å². The fraction of sp³-hybridized carbons (Fsp3) is 0.435. The molecule has 0 spiro atoms. The van der Waals surface area contributed by atoms with Gasteiger partial charge in [0.15, 0.2) is 0 Å². The van der Waals surface area contributed by atoms with Crippen LogP contribution in [0.15, 0.2) is 42.5 Å². The zero-order valence-electron chi connectivity index (χ0n) is 18.6. The van der Waals surface area contributed by atoms with E-state index in [0.717, 1.165) is 22.9 Å². The number of sulfonamides is 1. The third kappa shape index (κ3) is 5.75. The number of rotatable bonds is 9. The number of ether oxygens (including phenoxy) is 1. The third-order valence-corrected chi connectivity index (χ3v) is 6.17. The van der Waals surface area contributed by atoms with Crippen molar-refractivity contribution in [2.75, 3.05) is 17.2 Å². The Labute approximate surface area is 180 Å². The van der Waals surface area contributed by atoms with E-state index < -0.39 is 16.1 Å². The molecule has 0 aliphatic rings. The molecule has 2 aromatic carbocycles. The molecule has 1 amide bonds. The van der Waals surface area contributed by atoms with Gasteiger partial charge in [-0.05, 0) is 69.5 Å². The molecule has 0 aliphatic carbocycles. The van der Waals surface area contributed by atoms with Gasteiger partial charge in [-0.15, -0.1) is 0 Å². The first-order chi connectivity index (χ1) is 14.1. The third-order valence-electron chi connectivity index (χ3n) is 4.99. The predicted octanol–water partition coefficient (Wildman–Crippen LogP) is 4.12. The number of nitrogens with zero attached hydrogens (tertiary/aromatic N) is 1. The maximum Gasteiger partial charge on any atom is 0.244 e. The lowest BCUT2D eigenvalue weighted by Crippen LogP contribution is -2.49. The summed E-state index contributed by atoms with van der Waals surface area (Å²) in [7, 11) is -3.68. The summed E-state index contributed by atoms with van der Waals surface area (Å²) < 4.78 is 31.9. The predicted molar refractivity (Wildman–Crippen MR) is 121 cm³/mol. The van der Waals surface area contributed by atoms with Gasteiger partial charge in [-0.3, -0.25) is 9.10 Å². The van der Waals surface area contributed by atoms with Crippen LogP contribution in [0.25, 0.3) is 0 Å². The molecule has 0 saturated heterocycles. The van der Waals surface area contributed by atoms with Gasteiger partial charge in [0.2, 0.25) is 15.9 Å². The van der Waals surface area contributed by atoms with Crippen molar-refractivity contribution in [1.29, 1.82) is 0 Å². The van der Waals surface area contributed by atoms with E-state index in [1.54, 1.807) is 31.2 Å². The molecule has 0 bridgehead atoms. The molecule has 0 unspecified atom stereocenters. The highest BCUT2D eigenvalue weighted by Gasteiger charge is 2.32. The molecule has 1 N–H and O–H groups in total. The smallest absolute Gasteiger partial charge is 0.244 e. The summed E-state index contributed by atoms with van der Waals surface area (Å²) in [6, 6.07) is 11.7. The van der Waals surface area contributed by atoms with E-state index in [9.17, 15) is 13.2 Å². The van der Waals surface area contributed by atoms with E-state index in [1.165, 1.54) is 4.31 Å². The second-order valence-electron chi connectivity index (χ2n) is 7.50. The van der Waals surface area contributed by atoms with Gasteiger partial charge >= 0.3 is 0 Å². The van der Waals surface area contributed by atoms with E-state index >= 15 is 0 Å². The number of hydrogen-bond acceptors (Lipinski definition) is 4. The van der Waals surface area contributed by atoms with Gasteiger partial charge in [-0.25, -0.2) is 8.42 Å². The van der Waals surface area contributed by atoms with Crippen LogP contribution < -0.4 is 14.4 Å². The maximum atomic E-state index is 13.1. The first-order valence-corrected chi connectivity index (χ1v) is 12.0. The number of nitrogens with one attached hydrogen (secondary N) is 1. The second kappa shape index (κ2) is 9.98. The summed E-state index contributed by atoms with van der Waals surface area (Å²) in [5.41, 5.74) is 3.64. The highest BCUT2D eigenvalue weighted by atomic mass is 32.2. The van der Waals surface area contributed by atoms with Crippen LogP contribution in [0.5, 0.6) is 5.75 Å². The topological polar surface area (TPSA) is 75.7 Å². The minimum Gasteiger partial charge on any atom is -0.494 e. The summed E-state index contributed by atoms with van der Waals surface area (Å²) in [4.78, 5) is 13.1. The van der Waals surface area contributed by atoms with Crippen LogP contribution in [-0.4, -0.2) is 33.2 Å². The average Bonchev–Trinajstić information content (AvgIpc) is 2.67. The molecule has 2 atom stereocenters. The van der Waals surface area contributed by atoms with Crippen LogP contribution >= 0.6 is 0 Å². The molecule has 0 saturated carbocycles. The Hall–Kier alpha value is -2.54. The lowest BCUT2D eigenvalue weighted by Gasteiger charge is -2.31. The summed E-state index contributed by atoms with van der Waals surface area (Å²) in [5.74, 6) is 0.320. The Morgan fingerprint density at radius 1 is 1.10 bits per heavy atom. The summed E-state index contributed by atoms with van der Waals surface area (Å²) in [6.07, 6.45) is 1.46. The van der Waals surface area contributed by atoms with Gasteiger partial charge in [0.05, 0.1) is 24.6 Å². The number of anilines is 1. The van der Waals surface area contributed by atoms with E-state index in [2.05, 4.69) is 5.32 Å². The zero-order chi connectivity index (χ0) is 22.5. The number of amides is 1. The molecule has 0 fully saturated rings. The van der Waals surface area contributed by atoms with Crippen molar-refractivity contribution in [2.45, 2.75) is 53.1 Å². The van der Waals surface area contributed by atoms with Crippen molar-refractivity contribution in [3.05, 3.63) is 59.2 Å². The van der Waals surface area contributed by atoms with Gasteiger partial charge in [-0.1, -0.05) is 30.7 Å². The minimum atomic E-state index is -3.68. The molecule has 0 radical (unpaired) electrons. The van der Waals surface area contributed by atoms with E-state index in [1.807, 2.05) is 45.9 Å². The quantitative estimate of drug-likeness (QED) is 0.647. The Morgan fingerprint density at radius 2 is 1.73 bits per heavy atom.